The molecule has 1 unspecified atom stereocenters. The van der Waals surface area contributed by atoms with E-state index in [2.05, 4.69) is 5.32 Å². The zero-order valence-electron chi connectivity index (χ0n) is 9.04. The van der Waals surface area contributed by atoms with Crippen molar-refractivity contribution in [2.75, 3.05) is 6.54 Å². The molecule has 1 atom stereocenters. The Labute approximate surface area is 97.3 Å². The highest BCUT2D eigenvalue weighted by Gasteiger charge is 2.20. The van der Waals surface area contributed by atoms with Crippen LogP contribution in [-0.2, 0) is 4.79 Å². The minimum absolute atomic E-state index is 0.192. The van der Waals surface area contributed by atoms with Crippen molar-refractivity contribution >= 4 is 11.5 Å². The zero-order valence-corrected chi connectivity index (χ0v) is 9.04. The van der Waals surface area contributed by atoms with Crippen LogP contribution < -0.4 is 11.1 Å². The molecule has 2 rings (SSSR count). The van der Waals surface area contributed by atoms with Gasteiger partial charge in [0.1, 0.15) is 6.04 Å². The minimum atomic E-state index is -0.891. The van der Waals surface area contributed by atoms with Crippen molar-refractivity contribution in [3.05, 3.63) is 41.5 Å². The number of nitrogens with one attached hydrogen (secondary N) is 1. The van der Waals surface area contributed by atoms with E-state index in [1.165, 1.54) is 12.1 Å². The van der Waals surface area contributed by atoms with Crippen LogP contribution >= 0.6 is 0 Å². The molecule has 1 aromatic rings. The molecule has 1 aromatic carbocycles. The smallest absolute Gasteiger partial charge is 0.238 e. The van der Waals surface area contributed by atoms with Crippen molar-refractivity contribution in [2.24, 2.45) is 5.73 Å². The number of hydrogen-bond donors (Lipinski definition) is 2. The number of nitrogens with two attached hydrogens (primary N) is 1. The Morgan fingerprint density at radius 2 is 2.18 bits per heavy atom. The summed E-state index contributed by atoms with van der Waals surface area (Å²) in [5.41, 5.74) is 5.96. The van der Waals surface area contributed by atoms with Gasteiger partial charge in [-0.05, 0) is 18.1 Å². The quantitative estimate of drug-likeness (QED) is 0.813. The third-order valence-electron chi connectivity index (χ3n) is 2.73. The normalized spacial score (nSPS) is 19.9. The van der Waals surface area contributed by atoms with Crippen LogP contribution in [0.4, 0.5) is 8.78 Å². The van der Waals surface area contributed by atoms with Gasteiger partial charge >= 0.3 is 0 Å². The highest BCUT2D eigenvalue weighted by Crippen LogP contribution is 2.25. The summed E-state index contributed by atoms with van der Waals surface area (Å²) in [6.07, 6.45) is 2.08. The van der Waals surface area contributed by atoms with Crippen molar-refractivity contribution in [3.8, 4) is 0 Å². The van der Waals surface area contributed by atoms with Crippen LogP contribution in [-0.4, -0.2) is 18.5 Å². The molecule has 3 N–H and O–H groups in total. The summed E-state index contributed by atoms with van der Waals surface area (Å²) in [4.78, 5) is 11.0. The fraction of sp³-hybridized carbons (Fsp3) is 0.250. The molecule has 0 saturated carbocycles. The summed E-state index contributed by atoms with van der Waals surface area (Å²) in [6.45, 7) is 0.509. The number of halogens is 2. The van der Waals surface area contributed by atoms with E-state index in [0.717, 1.165) is 6.07 Å². The molecule has 0 spiro atoms. The molecule has 1 amide bonds. The maximum atomic E-state index is 13.6. The van der Waals surface area contributed by atoms with Gasteiger partial charge in [-0.3, -0.25) is 4.79 Å². The molecule has 17 heavy (non-hydrogen) atoms. The molecule has 5 heteroatoms. The number of primary amides is 1. The molecule has 90 valence electrons. The first kappa shape index (κ1) is 11.7. The predicted octanol–water partition coefficient (Wildman–Crippen LogP) is 1.20. The van der Waals surface area contributed by atoms with Crippen molar-refractivity contribution in [3.63, 3.8) is 0 Å². The average Bonchev–Trinajstić information content (AvgIpc) is 2.33. The van der Waals surface area contributed by atoms with E-state index in [1.807, 2.05) is 0 Å². The van der Waals surface area contributed by atoms with E-state index in [0.29, 0.717) is 18.5 Å². The van der Waals surface area contributed by atoms with Gasteiger partial charge in [0.05, 0.1) is 0 Å². The Bertz CT molecular complexity index is 485. The van der Waals surface area contributed by atoms with Gasteiger partial charge < -0.3 is 11.1 Å². The molecule has 0 aliphatic carbocycles. The molecule has 0 bridgehead atoms. The van der Waals surface area contributed by atoms with Crippen LogP contribution in [0.1, 0.15) is 12.0 Å². The summed E-state index contributed by atoms with van der Waals surface area (Å²) in [5.74, 6) is -2.31. The Hall–Kier alpha value is -1.75. The number of amides is 1. The monoisotopic (exact) mass is 238 g/mol. The maximum Gasteiger partial charge on any atom is 0.238 e. The second-order valence-corrected chi connectivity index (χ2v) is 3.88. The van der Waals surface area contributed by atoms with E-state index in [4.69, 9.17) is 5.73 Å². The first-order valence-electron chi connectivity index (χ1n) is 5.27. The van der Waals surface area contributed by atoms with Gasteiger partial charge in [0.2, 0.25) is 5.91 Å². The van der Waals surface area contributed by atoms with E-state index in [9.17, 15) is 13.6 Å². The highest BCUT2D eigenvalue weighted by molar-refractivity contribution is 5.85. The number of benzene rings is 1. The average molecular weight is 238 g/mol. The lowest BCUT2D eigenvalue weighted by Crippen LogP contribution is -2.42. The summed E-state index contributed by atoms with van der Waals surface area (Å²) >= 11 is 0. The fourth-order valence-corrected chi connectivity index (χ4v) is 1.86. The molecule has 0 saturated heterocycles. The SMILES string of the molecule is NC(=O)C1C=C(c2cccc(F)c2F)CCN1. The molecular formula is C12H12F2N2O. The van der Waals surface area contributed by atoms with Crippen molar-refractivity contribution in [1.82, 2.24) is 5.32 Å². The van der Waals surface area contributed by atoms with Crippen molar-refractivity contribution in [2.45, 2.75) is 12.5 Å². The lowest BCUT2D eigenvalue weighted by Gasteiger charge is -2.20. The molecule has 0 fully saturated rings. The molecule has 1 aliphatic heterocycles. The first-order chi connectivity index (χ1) is 8.09. The van der Waals surface area contributed by atoms with Gasteiger partial charge in [-0.15, -0.1) is 0 Å². The number of hydrogen-bond acceptors (Lipinski definition) is 2. The predicted molar refractivity (Wildman–Crippen MR) is 59.9 cm³/mol. The van der Waals surface area contributed by atoms with Gasteiger partial charge in [0.15, 0.2) is 11.6 Å². The molecule has 0 radical (unpaired) electrons. The molecule has 0 aromatic heterocycles. The summed E-state index contributed by atoms with van der Waals surface area (Å²) in [7, 11) is 0. The Morgan fingerprint density at radius 1 is 1.41 bits per heavy atom. The van der Waals surface area contributed by atoms with Gasteiger partial charge in [0, 0.05) is 12.1 Å². The van der Waals surface area contributed by atoms with Crippen LogP contribution in [0, 0.1) is 11.6 Å². The van der Waals surface area contributed by atoms with Gasteiger partial charge in [0.25, 0.3) is 0 Å². The van der Waals surface area contributed by atoms with E-state index < -0.39 is 23.6 Å². The molecule has 3 nitrogen and oxygen atoms in total. The highest BCUT2D eigenvalue weighted by atomic mass is 19.2. The Morgan fingerprint density at radius 3 is 2.88 bits per heavy atom. The third-order valence-corrected chi connectivity index (χ3v) is 2.73. The second-order valence-electron chi connectivity index (χ2n) is 3.88. The largest absolute Gasteiger partial charge is 0.368 e. The maximum absolute atomic E-state index is 13.6. The minimum Gasteiger partial charge on any atom is -0.368 e. The Kier molecular flexibility index (Phi) is 3.19. The number of carbonyl (C=O) groups excluding carboxylic acids is 1. The van der Waals surface area contributed by atoms with Crippen molar-refractivity contribution < 1.29 is 13.6 Å². The fourth-order valence-electron chi connectivity index (χ4n) is 1.86. The summed E-state index contributed by atoms with van der Waals surface area (Å²) < 4.78 is 26.6. The molecular weight excluding hydrogens is 226 g/mol. The lowest BCUT2D eigenvalue weighted by atomic mass is 9.96. The summed E-state index contributed by atoms with van der Waals surface area (Å²) in [6, 6.07) is 3.37. The molecule has 1 heterocycles. The van der Waals surface area contributed by atoms with Crippen LogP contribution in [0.15, 0.2) is 24.3 Å². The second kappa shape index (κ2) is 4.63. The van der Waals surface area contributed by atoms with Crippen molar-refractivity contribution in [1.29, 1.82) is 0 Å². The topological polar surface area (TPSA) is 55.1 Å². The van der Waals surface area contributed by atoms with Gasteiger partial charge in [-0.1, -0.05) is 18.2 Å². The van der Waals surface area contributed by atoms with Gasteiger partial charge in [-0.25, -0.2) is 8.78 Å². The van der Waals surface area contributed by atoms with E-state index in [-0.39, 0.29) is 5.56 Å². The number of carbonyl (C=O) groups is 1. The van der Waals surface area contributed by atoms with Crippen LogP contribution in [0.3, 0.4) is 0 Å². The number of rotatable bonds is 2. The lowest BCUT2D eigenvalue weighted by molar-refractivity contribution is -0.119. The van der Waals surface area contributed by atoms with Crippen LogP contribution in [0.25, 0.3) is 5.57 Å². The van der Waals surface area contributed by atoms with Crippen LogP contribution in [0.2, 0.25) is 0 Å². The van der Waals surface area contributed by atoms with E-state index in [1.54, 1.807) is 6.08 Å². The molecule has 1 aliphatic rings. The van der Waals surface area contributed by atoms with Gasteiger partial charge in [-0.2, -0.15) is 0 Å². The zero-order chi connectivity index (χ0) is 12.4. The third kappa shape index (κ3) is 2.34. The first-order valence-corrected chi connectivity index (χ1v) is 5.27. The van der Waals surface area contributed by atoms with E-state index >= 15 is 0 Å². The Balaban J connectivity index is 2.39. The van der Waals surface area contributed by atoms with Crippen LogP contribution in [0.5, 0.6) is 0 Å². The standard InChI is InChI=1S/C12H12F2N2O/c13-9-3-1-2-8(11(9)14)7-4-5-16-10(6-7)12(15)17/h1-3,6,10,16H,4-5H2,(H2,15,17). The summed E-state index contributed by atoms with van der Waals surface area (Å²) in [5, 5.41) is 2.89.